The lowest BCUT2D eigenvalue weighted by Gasteiger charge is -2.29. The molecule has 0 saturated carbocycles. The van der Waals surface area contributed by atoms with Crippen LogP contribution in [0.5, 0.6) is 0 Å². The fraction of sp³-hybridized carbons (Fsp3) is 0.357. The van der Waals surface area contributed by atoms with Gasteiger partial charge < -0.3 is 15.5 Å². The zero-order valence-electron chi connectivity index (χ0n) is 12.3. The maximum absolute atomic E-state index is 12.1. The third kappa shape index (κ3) is 3.55. The van der Waals surface area contributed by atoms with Gasteiger partial charge >= 0.3 is 0 Å². The number of aryl methyl sites for hydroxylation is 1. The Hall–Kier alpha value is -2.12. The van der Waals surface area contributed by atoms with E-state index in [0.717, 1.165) is 37.6 Å². The quantitative estimate of drug-likeness (QED) is 0.790. The van der Waals surface area contributed by atoms with Crippen LogP contribution >= 0.6 is 12.4 Å². The van der Waals surface area contributed by atoms with Crippen LogP contribution < -0.4 is 15.5 Å². The van der Waals surface area contributed by atoms with Crippen LogP contribution in [0.25, 0.3) is 0 Å². The fourth-order valence-electron chi connectivity index (χ4n) is 2.33. The average molecular weight is 323 g/mol. The monoisotopic (exact) mass is 322 g/mol. The van der Waals surface area contributed by atoms with E-state index in [2.05, 4.69) is 30.7 Å². The summed E-state index contributed by atoms with van der Waals surface area (Å²) in [6, 6.07) is 3.81. The number of pyridine rings is 1. The lowest BCUT2D eigenvalue weighted by atomic mass is 10.2. The van der Waals surface area contributed by atoms with Crippen molar-refractivity contribution in [3.8, 4) is 0 Å². The molecule has 0 aromatic carbocycles. The molecule has 1 amide bonds. The number of nitrogens with one attached hydrogen (secondary N) is 3. The van der Waals surface area contributed by atoms with E-state index in [1.54, 1.807) is 6.20 Å². The first-order chi connectivity index (χ1) is 10.2. The molecule has 2 aromatic heterocycles. The summed E-state index contributed by atoms with van der Waals surface area (Å²) in [6.45, 7) is 5.72. The third-order valence-electron chi connectivity index (χ3n) is 3.55. The Morgan fingerprint density at radius 2 is 2.05 bits per heavy atom. The predicted molar refractivity (Wildman–Crippen MR) is 87.8 cm³/mol. The van der Waals surface area contributed by atoms with E-state index in [1.807, 2.05) is 19.1 Å². The highest BCUT2D eigenvalue weighted by atomic mass is 35.5. The summed E-state index contributed by atoms with van der Waals surface area (Å²) in [5.41, 5.74) is 2.35. The van der Waals surface area contributed by atoms with E-state index in [9.17, 15) is 4.79 Å². The number of anilines is 2. The second-order valence-corrected chi connectivity index (χ2v) is 5.00. The van der Waals surface area contributed by atoms with Crippen molar-refractivity contribution < 1.29 is 4.79 Å². The van der Waals surface area contributed by atoms with Crippen molar-refractivity contribution >= 4 is 29.8 Å². The highest BCUT2D eigenvalue weighted by Crippen LogP contribution is 2.16. The first-order valence-corrected chi connectivity index (χ1v) is 6.97. The number of rotatable bonds is 3. The Labute approximate surface area is 134 Å². The van der Waals surface area contributed by atoms with Crippen LogP contribution in [0, 0.1) is 6.92 Å². The van der Waals surface area contributed by atoms with Gasteiger partial charge in [-0.1, -0.05) is 0 Å². The van der Waals surface area contributed by atoms with E-state index < -0.39 is 0 Å². The Morgan fingerprint density at radius 3 is 2.64 bits per heavy atom. The lowest BCUT2D eigenvalue weighted by Crippen LogP contribution is -2.43. The molecule has 0 radical (unpaired) electrons. The molecule has 0 atom stereocenters. The van der Waals surface area contributed by atoms with Gasteiger partial charge in [0.25, 0.3) is 5.91 Å². The summed E-state index contributed by atoms with van der Waals surface area (Å²) >= 11 is 0. The molecular formula is C14H19ClN6O. The fourth-order valence-corrected chi connectivity index (χ4v) is 2.33. The number of hydrogen-bond donors (Lipinski definition) is 3. The average Bonchev–Trinajstić information content (AvgIpc) is 2.95. The van der Waals surface area contributed by atoms with Crippen LogP contribution in [-0.2, 0) is 0 Å². The molecule has 0 unspecified atom stereocenters. The molecule has 118 valence electrons. The molecule has 7 nitrogen and oxygen atoms in total. The number of carbonyl (C=O) groups is 1. The van der Waals surface area contributed by atoms with Crippen molar-refractivity contribution in [1.82, 2.24) is 20.5 Å². The molecule has 0 aliphatic carbocycles. The molecule has 1 aliphatic heterocycles. The van der Waals surface area contributed by atoms with E-state index in [4.69, 9.17) is 0 Å². The largest absolute Gasteiger partial charge is 0.368 e. The van der Waals surface area contributed by atoms with Gasteiger partial charge in [0.1, 0.15) is 5.82 Å². The number of nitrogens with zero attached hydrogens (tertiary/aromatic N) is 3. The van der Waals surface area contributed by atoms with Gasteiger partial charge in [-0.2, -0.15) is 5.10 Å². The standard InChI is InChI=1S/C14H18N6O.ClH/c1-10-12(9-17-19-10)14(21)18-13-3-2-11(8-16-13)20-6-4-15-5-7-20;/h2-3,8-9,15H,4-7H2,1H3,(H,17,19)(H,16,18,21);1H. The molecule has 1 fully saturated rings. The van der Waals surface area contributed by atoms with Crippen molar-refractivity contribution in [2.24, 2.45) is 0 Å². The predicted octanol–water partition coefficient (Wildman–Crippen LogP) is 1.20. The summed E-state index contributed by atoms with van der Waals surface area (Å²) < 4.78 is 0. The minimum absolute atomic E-state index is 0. The van der Waals surface area contributed by atoms with Crippen molar-refractivity contribution in [2.75, 3.05) is 36.4 Å². The number of hydrogen-bond acceptors (Lipinski definition) is 5. The topological polar surface area (TPSA) is 85.9 Å². The van der Waals surface area contributed by atoms with E-state index in [-0.39, 0.29) is 18.3 Å². The number of aromatic nitrogens is 3. The zero-order valence-corrected chi connectivity index (χ0v) is 13.1. The Kier molecular flexibility index (Phi) is 5.35. The minimum atomic E-state index is -0.205. The van der Waals surface area contributed by atoms with Gasteiger partial charge in [0, 0.05) is 31.9 Å². The van der Waals surface area contributed by atoms with Gasteiger partial charge in [-0.15, -0.1) is 12.4 Å². The van der Waals surface area contributed by atoms with Crippen molar-refractivity contribution in [2.45, 2.75) is 6.92 Å². The van der Waals surface area contributed by atoms with Gasteiger partial charge in [-0.25, -0.2) is 4.98 Å². The molecule has 0 bridgehead atoms. The molecule has 22 heavy (non-hydrogen) atoms. The summed E-state index contributed by atoms with van der Waals surface area (Å²) in [5.74, 6) is 0.336. The molecular weight excluding hydrogens is 304 g/mol. The number of amides is 1. The molecule has 0 spiro atoms. The van der Waals surface area contributed by atoms with Crippen molar-refractivity contribution in [3.63, 3.8) is 0 Å². The second-order valence-electron chi connectivity index (χ2n) is 5.00. The minimum Gasteiger partial charge on any atom is -0.368 e. The summed E-state index contributed by atoms with van der Waals surface area (Å²) in [5, 5.41) is 12.7. The highest BCUT2D eigenvalue weighted by Gasteiger charge is 2.13. The van der Waals surface area contributed by atoms with Crippen LogP contribution in [0.3, 0.4) is 0 Å². The molecule has 3 rings (SSSR count). The van der Waals surface area contributed by atoms with Crippen LogP contribution in [0.2, 0.25) is 0 Å². The second kappa shape index (κ2) is 7.24. The SMILES string of the molecule is Cc1[nH]ncc1C(=O)Nc1ccc(N2CCNCC2)cn1.Cl. The molecule has 1 aliphatic rings. The molecule has 8 heteroatoms. The van der Waals surface area contributed by atoms with Gasteiger partial charge in [0.05, 0.1) is 23.6 Å². The van der Waals surface area contributed by atoms with Crippen LogP contribution in [0.4, 0.5) is 11.5 Å². The smallest absolute Gasteiger partial charge is 0.260 e. The lowest BCUT2D eigenvalue weighted by molar-refractivity contribution is 0.102. The number of piperazine rings is 1. The van der Waals surface area contributed by atoms with E-state index >= 15 is 0 Å². The van der Waals surface area contributed by atoms with Gasteiger partial charge in [0.15, 0.2) is 0 Å². The van der Waals surface area contributed by atoms with Crippen LogP contribution in [0.15, 0.2) is 24.5 Å². The van der Waals surface area contributed by atoms with Crippen molar-refractivity contribution in [3.05, 3.63) is 35.8 Å². The van der Waals surface area contributed by atoms with Crippen molar-refractivity contribution in [1.29, 1.82) is 0 Å². The molecule has 1 saturated heterocycles. The first-order valence-electron chi connectivity index (χ1n) is 6.97. The number of aromatic amines is 1. The van der Waals surface area contributed by atoms with E-state index in [1.165, 1.54) is 6.20 Å². The Bertz CT molecular complexity index is 621. The third-order valence-corrected chi connectivity index (χ3v) is 3.55. The number of halogens is 1. The number of H-pyrrole nitrogens is 1. The normalized spacial score (nSPS) is 14.3. The van der Waals surface area contributed by atoms with E-state index in [0.29, 0.717) is 11.4 Å². The molecule has 3 heterocycles. The maximum Gasteiger partial charge on any atom is 0.260 e. The molecule has 3 N–H and O–H groups in total. The maximum atomic E-state index is 12.1. The first kappa shape index (κ1) is 16.3. The Balaban J connectivity index is 0.00000176. The van der Waals surface area contributed by atoms with Crippen LogP contribution in [0.1, 0.15) is 16.1 Å². The van der Waals surface area contributed by atoms with Gasteiger partial charge in [-0.3, -0.25) is 9.89 Å². The highest BCUT2D eigenvalue weighted by molar-refractivity contribution is 6.04. The van der Waals surface area contributed by atoms with Gasteiger partial charge in [-0.05, 0) is 19.1 Å². The number of carbonyl (C=O) groups excluding carboxylic acids is 1. The van der Waals surface area contributed by atoms with Crippen LogP contribution in [-0.4, -0.2) is 47.3 Å². The molecule has 2 aromatic rings. The van der Waals surface area contributed by atoms with Gasteiger partial charge in [0.2, 0.25) is 0 Å². The summed E-state index contributed by atoms with van der Waals surface area (Å²) in [6.07, 6.45) is 3.31. The zero-order chi connectivity index (χ0) is 14.7. The summed E-state index contributed by atoms with van der Waals surface area (Å²) in [4.78, 5) is 18.6. The Morgan fingerprint density at radius 1 is 1.27 bits per heavy atom. The summed E-state index contributed by atoms with van der Waals surface area (Å²) in [7, 11) is 0.